The van der Waals surface area contributed by atoms with Crippen LogP contribution in [0, 0.1) is 19.8 Å². The molecular weight excluding hydrogens is 502 g/mol. The predicted octanol–water partition coefficient (Wildman–Crippen LogP) is 4.35. The maximum absolute atomic E-state index is 13.4. The number of nitrogens with one attached hydrogen (secondary N) is 1. The van der Waals surface area contributed by atoms with Crippen molar-refractivity contribution in [2.75, 3.05) is 32.5 Å². The third kappa shape index (κ3) is 4.89. The molecule has 5 heterocycles. The lowest BCUT2D eigenvalue weighted by Crippen LogP contribution is -2.83. The number of aromatic nitrogens is 3. The molecule has 4 aliphatic rings. The molecule has 2 amide bonds. The van der Waals surface area contributed by atoms with E-state index in [0.29, 0.717) is 40.9 Å². The molecule has 212 valence electrons. The van der Waals surface area contributed by atoms with Crippen LogP contribution in [0.5, 0.6) is 0 Å². The highest BCUT2D eigenvalue weighted by Gasteiger charge is 2.62. The molecule has 1 saturated carbocycles. The molecule has 2 unspecified atom stereocenters. The van der Waals surface area contributed by atoms with E-state index in [0.717, 1.165) is 41.9 Å². The number of aryl methyl sites for hydroxylation is 2. The molecule has 1 N–H and O–H groups in total. The van der Waals surface area contributed by atoms with Crippen LogP contribution < -0.4 is 5.32 Å². The topological polar surface area (TPSA) is 94.6 Å². The summed E-state index contributed by atoms with van der Waals surface area (Å²) in [6.45, 7) is 7.83. The van der Waals surface area contributed by atoms with E-state index >= 15 is 0 Å². The molecule has 0 bridgehead atoms. The van der Waals surface area contributed by atoms with Crippen molar-refractivity contribution < 1.29 is 9.59 Å². The Labute approximate surface area is 237 Å². The first-order chi connectivity index (χ1) is 19.1. The van der Waals surface area contributed by atoms with Crippen LogP contribution in [-0.2, 0) is 4.79 Å². The van der Waals surface area contributed by atoms with Crippen LogP contribution in [0.3, 0.4) is 0 Å². The van der Waals surface area contributed by atoms with Crippen molar-refractivity contribution in [3.05, 3.63) is 46.4 Å². The lowest BCUT2D eigenvalue weighted by molar-refractivity contribution is -0.217. The highest BCUT2D eigenvalue weighted by molar-refractivity contribution is 5.97. The summed E-state index contributed by atoms with van der Waals surface area (Å²) in [5.74, 6) is 1.72. The fourth-order valence-corrected chi connectivity index (χ4v) is 7.53. The molecule has 9 nitrogen and oxygen atoms in total. The molecule has 1 aliphatic carbocycles. The summed E-state index contributed by atoms with van der Waals surface area (Å²) in [6.07, 6.45) is 13.4. The van der Waals surface area contributed by atoms with Crippen molar-refractivity contribution in [2.24, 2.45) is 5.92 Å². The standard InChI is InChI=1S/C31H41N7O2/c1-19-10-27(32-16-26(19)29(40)37-17-24-13-31(3)14-25(18-37)38(24)31)35-30-33-15-23(20(2)34-30)12-22(28(39)36(4)5)11-21-8-6-7-9-21/h10,12,15-16,21,24-25H,6-9,11,13-14,17-18H2,1-5H3,(H,32,33,34,35)/b22-12+. The maximum Gasteiger partial charge on any atom is 0.255 e. The zero-order valence-electron chi connectivity index (χ0n) is 24.4. The van der Waals surface area contributed by atoms with Gasteiger partial charge in [-0.1, -0.05) is 25.7 Å². The van der Waals surface area contributed by atoms with Crippen molar-refractivity contribution in [2.45, 2.75) is 83.3 Å². The molecule has 3 saturated heterocycles. The second-order valence-electron chi connectivity index (χ2n) is 12.8. The van der Waals surface area contributed by atoms with Gasteiger partial charge in [0.15, 0.2) is 0 Å². The highest BCUT2D eigenvalue weighted by atomic mass is 16.2. The molecule has 0 radical (unpaired) electrons. The Hall–Kier alpha value is -3.33. The van der Waals surface area contributed by atoms with Crippen molar-refractivity contribution in [1.82, 2.24) is 29.7 Å². The molecule has 40 heavy (non-hydrogen) atoms. The minimum Gasteiger partial charge on any atom is -0.345 e. The Morgan fingerprint density at radius 3 is 2.40 bits per heavy atom. The quantitative estimate of drug-likeness (QED) is 0.519. The number of likely N-dealkylation sites (tertiary alicyclic amines) is 1. The fourth-order valence-electron chi connectivity index (χ4n) is 7.53. The van der Waals surface area contributed by atoms with Crippen molar-refractivity contribution >= 4 is 29.7 Å². The van der Waals surface area contributed by atoms with Crippen LogP contribution in [0.1, 0.15) is 79.0 Å². The number of pyridine rings is 1. The SMILES string of the molecule is Cc1cc(Nc2ncc(/C=C(\CC3CCCC3)C(=O)N(C)C)c(C)n2)ncc1C(=O)N1CC2CC3(C)CC(C1)N23. The number of nitrogens with zero attached hydrogens (tertiary/aromatic N) is 6. The number of anilines is 2. The number of carbonyl (C=O) groups is 2. The van der Waals surface area contributed by atoms with Crippen molar-refractivity contribution in [1.29, 1.82) is 0 Å². The Morgan fingerprint density at radius 1 is 1.10 bits per heavy atom. The monoisotopic (exact) mass is 543 g/mol. The van der Waals surface area contributed by atoms with Crippen LogP contribution in [-0.4, -0.2) is 86.3 Å². The first kappa shape index (κ1) is 26.9. The second-order valence-corrected chi connectivity index (χ2v) is 12.8. The normalized spacial score (nSPS) is 26.1. The van der Waals surface area contributed by atoms with E-state index in [4.69, 9.17) is 0 Å². The molecular formula is C31H41N7O2. The van der Waals surface area contributed by atoms with Gasteiger partial charge < -0.3 is 15.1 Å². The predicted molar refractivity (Wildman–Crippen MR) is 155 cm³/mol. The van der Waals surface area contributed by atoms with Gasteiger partial charge in [-0.25, -0.2) is 15.0 Å². The largest absolute Gasteiger partial charge is 0.345 e. The summed E-state index contributed by atoms with van der Waals surface area (Å²) in [4.78, 5) is 46.2. The Kier molecular flexibility index (Phi) is 6.89. The third-order valence-corrected chi connectivity index (χ3v) is 9.50. The summed E-state index contributed by atoms with van der Waals surface area (Å²) < 4.78 is 0. The third-order valence-electron chi connectivity index (χ3n) is 9.50. The Morgan fingerprint density at radius 2 is 1.80 bits per heavy atom. The fraction of sp³-hybridized carbons (Fsp3) is 0.581. The maximum atomic E-state index is 13.4. The molecule has 4 fully saturated rings. The van der Waals surface area contributed by atoms with E-state index in [2.05, 4.69) is 32.1 Å². The first-order valence-corrected chi connectivity index (χ1v) is 14.7. The summed E-state index contributed by atoms with van der Waals surface area (Å²) >= 11 is 0. The number of likely N-dealkylation sites (N-methyl/N-ethyl adjacent to an activating group) is 1. The number of hydrogen-bond donors (Lipinski definition) is 1. The summed E-state index contributed by atoms with van der Waals surface area (Å²) in [6, 6.07) is 2.90. The molecule has 6 rings (SSSR count). The van der Waals surface area contributed by atoms with Gasteiger partial charge in [0.1, 0.15) is 5.82 Å². The molecule has 2 aromatic heterocycles. The number of carbonyl (C=O) groups excluding carboxylic acids is 2. The molecule has 0 spiro atoms. The van der Waals surface area contributed by atoms with E-state index in [1.165, 1.54) is 38.5 Å². The van der Waals surface area contributed by atoms with Gasteiger partial charge in [-0.3, -0.25) is 14.5 Å². The van der Waals surface area contributed by atoms with Gasteiger partial charge in [-0.2, -0.15) is 0 Å². The molecule has 2 aromatic rings. The average molecular weight is 544 g/mol. The number of hydrogen-bond acceptors (Lipinski definition) is 7. The zero-order chi connectivity index (χ0) is 28.2. The van der Waals surface area contributed by atoms with Gasteiger partial charge in [0.25, 0.3) is 5.91 Å². The van der Waals surface area contributed by atoms with Crippen LogP contribution in [0.25, 0.3) is 6.08 Å². The number of piperazine rings is 1. The molecule has 9 heteroatoms. The molecule has 3 aliphatic heterocycles. The second kappa shape index (κ2) is 10.3. The van der Waals surface area contributed by atoms with E-state index in [1.807, 2.05) is 30.9 Å². The first-order valence-electron chi connectivity index (χ1n) is 14.7. The minimum absolute atomic E-state index is 0.0449. The van der Waals surface area contributed by atoms with Gasteiger partial charge >= 0.3 is 0 Å². The smallest absolute Gasteiger partial charge is 0.255 e. The number of piperidine rings is 1. The van der Waals surface area contributed by atoms with Crippen LogP contribution in [0.4, 0.5) is 11.8 Å². The minimum atomic E-state index is 0.0449. The number of rotatable bonds is 7. The van der Waals surface area contributed by atoms with Crippen molar-refractivity contribution in [3.63, 3.8) is 0 Å². The zero-order valence-corrected chi connectivity index (χ0v) is 24.4. The molecule has 0 aromatic carbocycles. The molecule has 2 atom stereocenters. The Balaban J connectivity index is 1.13. The van der Waals surface area contributed by atoms with Crippen LogP contribution in [0.15, 0.2) is 24.0 Å². The highest BCUT2D eigenvalue weighted by Crippen LogP contribution is 2.53. The van der Waals surface area contributed by atoms with Crippen LogP contribution in [0.2, 0.25) is 0 Å². The van der Waals surface area contributed by atoms with Crippen LogP contribution >= 0.6 is 0 Å². The lowest BCUT2D eigenvalue weighted by atomic mass is 9.64. The average Bonchev–Trinajstić information content (AvgIpc) is 3.40. The van der Waals surface area contributed by atoms with E-state index in [-0.39, 0.29) is 11.8 Å². The van der Waals surface area contributed by atoms with Gasteiger partial charge in [0, 0.05) is 68.3 Å². The van der Waals surface area contributed by atoms with Crippen molar-refractivity contribution in [3.8, 4) is 0 Å². The van der Waals surface area contributed by atoms with E-state index in [1.54, 1.807) is 31.4 Å². The lowest BCUT2D eigenvalue weighted by Gasteiger charge is -2.72. The van der Waals surface area contributed by atoms with E-state index in [9.17, 15) is 9.59 Å². The van der Waals surface area contributed by atoms with Gasteiger partial charge in [0.05, 0.1) is 11.3 Å². The van der Waals surface area contributed by atoms with E-state index < -0.39 is 0 Å². The Bertz CT molecular complexity index is 1350. The number of amides is 2. The van der Waals surface area contributed by atoms with Gasteiger partial charge in [0.2, 0.25) is 11.9 Å². The summed E-state index contributed by atoms with van der Waals surface area (Å²) in [5, 5.41) is 3.19. The van der Waals surface area contributed by atoms with Gasteiger partial charge in [-0.05, 0) is 63.7 Å². The van der Waals surface area contributed by atoms with Gasteiger partial charge in [-0.15, -0.1) is 0 Å². The summed E-state index contributed by atoms with van der Waals surface area (Å²) in [7, 11) is 3.60. The summed E-state index contributed by atoms with van der Waals surface area (Å²) in [5.41, 5.74) is 4.37.